The number of benzene rings is 2. The molecule has 1 aliphatic heterocycles. The van der Waals surface area contributed by atoms with Crippen LogP contribution < -0.4 is 22.2 Å². The van der Waals surface area contributed by atoms with E-state index in [9.17, 15) is 19.2 Å². The summed E-state index contributed by atoms with van der Waals surface area (Å²) in [5.41, 5.74) is 8.47. The first-order valence-electron chi connectivity index (χ1n) is 15.2. The summed E-state index contributed by atoms with van der Waals surface area (Å²) in [6, 6.07) is 11.6. The number of anilines is 1. The van der Waals surface area contributed by atoms with Crippen molar-refractivity contribution >= 4 is 29.4 Å². The lowest BCUT2D eigenvalue weighted by atomic mass is 9.71. The predicted molar refractivity (Wildman–Crippen MR) is 165 cm³/mol. The van der Waals surface area contributed by atoms with Gasteiger partial charge in [-0.25, -0.2) is 4.79 Å². The maximum absolute atomic E-state index is 13.9. The molecule has 5 amide bonds. The summed E-state index contributed by atoms with van der Waals surface area (Å²) in [6.07, 6.45) is 5.44. The molecule has 0 saturated heterocycles. The average molecular weight is 603 g/mol. The maximum atomic E-state index is 13.9. The van der Waals surface area contributed by atoms with Crippen molar-refractivity contribution in [3.05, 3.63) is 64.7 Å². The highest BCUT2D eigenvalue weighted by molar-refractivity contribution is 6.22. The van der Waals surface area contributed by atoms with Gasteiger partial charge in [0.05, 0.1) is 11.1 Å². The second-order valence-corrected chi connectivity index (χ2v) is 13.4. The van der Waals surface area contributed by atoms with Crippen molar-refractivity contribution in [2.45, 2.75) is 90.6 Å². The van der Waals surface area contributed by atoms with Gasteiger partial charge < -0.3 is 21.4 Å². The van der Waals surface area contributed by atoms with E-state index < -0.39 is 11.7 Å². The highest BCUT2D eigenvalue weighted by Crippen LogP contribution is 2.40. The third kappa shape index (κ3) is 6.75. The molecule has 1 atom stereocenters. The Morgan fingerprint density at radius 3 is 2.16 bits per heavy atom. The van der Waals surface area contributed by atoms with E-state index in [1.54, 1.807) is 42.5 Å². The lowest BCUT2D eigenvalue weighted by Crippen LogP contribution is -2.51. The molecule has 12 heteroatoms. The molecule has 2 fully saturated rings. The van der Waals surface area contributed by atoms with E-state index in [-0.39, 0.29) is 35.3 Å². The molecule has 0 aromatic heterocycles. The van der Waals surface area contributed by atoms with Gasteiger partial charge in [-0.15, -0.1) is 5.11 Å². The molecular weight excluding hydrogens is 560 g/mol. The number of amides is 5. The standard InChI is InChI=1S/C32H42N8O4/c1-31(2,3)21-9-12-23(13-10-21)39(18-19-5-7-20(8-6-19)27(41)36-32(4,33)37-38-34)30(44)35-22-11-16-25-26(17-22)29(43)40(28(25)42)24-14-15-24/h5-8,11,16-17,21,23-24H,9-10,12-15,18,33H2,1-4H3,(H2,34,37)(H,35,44)(H,36,41). The number of carbonyl (C=O) groups is 4. The van der Waals surface area contributed by atoms with Crippen molar-refractivity contribution in [2.75, 3.05) is 5.32 Å². The number of hydrogen-bond acceptors (Lipinski definition) is 7. The van der Waals surface area contributed by atoms with E-state index in [2.05, 4.69) is 41.7 Å². The second kappa shape index (κ2) is 12.0. The third-order valence-corrected chi connectivity index (χ3v) is 8.91. The fourth-order valence-corrected chi connectivity index (χ4v) is 6.22. The fourth-order valence-electron chi connectivity index (χ4n) is 6.22. The number of carbonyl (C=O) groups excluding carboxylic acids is 4. The van der Waals surface area contributed by atoms with Crippen LogP contribution in [0.4, 0.5) is 10.5 Å². The van der Waals surface area contributed by atoms with E-state index in [0.717, 1.165) is 44.1 Å². The minimum atomic E-state index is -1.45. The summed E-state index contributed by atoms with van der Waals surface area (Å²) in [4.78, 5) is 55.5. The normalized spacial score (nSPS) is 21.6. The number of nitrogens with two attached hydrogens (primary N) is 2. The van der Waals surface area contributed by atoms with Gasteiger partial charge in [-0.3, -0.25) is 25.0 Å². The van der Waals surface area contributed by atoms with Crippen molar-refractivity contribution in [1.82, 2.24) is 15.1 Å². The van der Waals surface area contributed by atoms with Gasteiger partial charge in [0.25, 0.3) is 17.7 Å². The highest BCUT2D eigenvalue weighted by atomic mass is 16.2. The van der Waals surface area contributed by atoms with Crippen LogP contribution in [0.5, 0.6) is 0 Å². The largest absolute Gasteiger partial charge is 0.322 e. The van der Waals surface area contributed by atoms with Gasteiger partial charge in [-0.2, -0.15) is 0 Å². The summed E-state index contributed by atoms with van der Waals surface area (Å²) in [5.74, 6) is 3.20. The average Bonchev–Trinajstić information content (AvgIpc) is 3.77. The Morgan fingerprint density at radius 2 is 1.57 bits per heavy atom. The van der Waals surface area contributed by atoms with Crippen LogP contribution in [0.2, 0.25) is 0 Å². The number of urea groups is 1. The monoisotopic (exact) mass is 602 g/mol. The van der Waals surface area contributed by atoms with Crippen molar-refractivity contribution in [3.8, 4) is 0 Å². The van der Waals surface area contributed by atoms with Gasteiger partial charge in [0.15, 0.2) is 0 Å². The zero-order chi connectivity index (χ0) is 31.8. The van der Waals surface area contributed by atoms with Gasteiger partial charge in [-0.05, 0) is 92.7 Å². The summed E-state index contributed by atoms with van der Waals surface area (Å²) >= 11 is 0. The molecule has 1 heterocycles. The van der Waals surface area contributed by atoms with Gasteiger partial charge in [0.2, 0.25) is 5.79 Å². The molecule has 6 N–H and O–H groups in total. The first kappa shape index (κ1) is 31.1. The topological polar surface area (TPSA) is 176 Å². The van der Waals surface area contributed by atoms with Crippen LogP contribution in [-0.4, -0.2) is 51.4 Å². The molecule has 5 rings (SSSR count). The highest BCUT2D eigenvalue weighted by Gasteiger charge is 2.44. The Labute approximate surface area is 257 Å². The molecule has 1 unspecified atom stereocenters. The lowest BCUT2D eigenvalue weighted by Gasteiger charge is -2.41. The van der Waals surface area contributed by atoms with Crippen molar-refractivity contribution in [3.63, 3.8) is 0 Å². The van der Waals surface area contributed by atoms with Crippen LogP contribution in [0.15, 0.2) is 52.8 Å². The first-order valence-corrected chi connectivity index (χ1v) is 15.2. The zero-order valence-corrected chi connectivity index (χ0v) is 25.8. The van der Waals surface area contributed by atoms with E-state index in [0.29, 0.717) is 34.8 Å². The fraction of sp³-hybridized carbons (Fsp3) is 0.500. The number of imide groups is 1. The molecule has 2 aliphatic carbocycles. The van der Waals surface area contributed by atoms with Gasteiger partial charge >= 0.3 is 6.03 Å². The molecule has 44 heavy (non-hydrogen) atoms. The summed E-state index contributed by atoms with van der Waals surface area (Å²) in [7, 11) is 0. The number of rotatable bonds is 8. The smallest absolute Gasteiger partial charge is 0.317 e. The Balaban J connectivity index is 1.33. The Bertz CT molecular complexity index is 1470. The van der Waals surface area contributed by atoms with Crippen LogP contribution in [0, 0.1) is 11.3 Å². The van der Waals surface area contributed by atoms with Crippen LogP contribution in [-0.2, 0) is 6.54 Å². The van der Waals surface area contributed by atoms with Crippen LogP contribution in [0.25, 0.3) is 0 Å². The minimum absolute atomic E-state index is 0.0131. The summed E-state index contributed by atoms with van der Waals surface area (Å²) in [6.45, 7) is 8.58. The van der Waals surface area contributed by atoms with E-state index in [1.165, 1.54) is 11.8 Å². The molecule has 234 valence electrons. The molecule has 12 nitrogen and oxygen atoms in total. The summed E-state index contributed by atoms with van der Waals surface area (Å²) in [5, 5.41) is 12.3. The molecular formula is C32H42N8O4. The Morgan fingerprint density at radius 1 is 0.932 bits per heavy atom. The molecule has 2 aromatic carbocycles. The van der Waals surface area contributed by atoms with E-state index in [4.69, 9.17) is 11.6 Å². The second-order valence-electron chi connectivity index (χ2n) is 13.4. The van der Waals surface area contributed by atoms with Crippen molar-refractivity contribution in [1.29, 1.82) is 0 Å². The minimum Gasteiger partial charge on any atom is -0.317 e. The number of nitrogens with one attached hydrogen (secondary N) is 2. The van der Waals surface area contributed by atoms with Gasteiger partial charge in [0.1, 0.15) is 0 Å². The molecule has 2 saturated carbocycles. The number of nitrogens with zero attached hydrogens (tertiary/aromatic N) is 4. The van der Waals surface area contributed by atoms with Gasteiger partial charge in [-0.1, -0.05) is 38.1 Å². The quantitative estimate of drug-likeness (QED) is 0.111. The number of fused-ring (bicyclic) bond motifs is 1. The van der Waals surface area contributed by atoms with Crippen molar-refractivity contribution < 1.29 is 19.2 Å². The Kier molecular flexibility index (Phi) is 8.48. The maximum Gasteiger partial charge on any atom is 0.322 e. The molecule has 0 radical (unpaired) electrons. The van der Waals surface area contributed by atoms with Crippen LogP contribution >= 0.6 is 0 Å². The zero-order valence-electron chi connectivity index (χ0n) is 25.8. The third-order valence-electron chi connectivity index (χ3n) is 8.91. The molecule has 3 aliphatic rings. The van der Waals surface area contributed by atoms with E-state index >= 15 is 0 Å². The first-order chi connectivity index (χ1) is 20.8. The molecule has 0 bridgehead atoms. The van der Waals surface area contributed by atoms with E-state index in [1.807, 2.05) is 4.90 Å². The summed E-state index contributed by atoms with van der Waals surface area (Å²) < 4.78 is 0. The van der Waals surface area contributed by atoms with Crippen molar-refractivity contribution in [2.24, 2.45) is 33.2 Å². The SMILES string of the molecule is CC(N)(/N=N\N)NC(=O)c1ccc(CN(C(=O)Nc2ccc3c(c2)C(=O)N(C2CC2)C3=O)C2CCC(C(C)(C)C)CC2)cc1. The Hall–Kier alpha value is -4.32. The number of hydrogen-bond donors (Lipinski definition) is 4. The van der Waals surface area contributed by atoms with Crippen LogP contribution in [0.3, 0.4) is 0 Å². The van der Waals surface area contributed by atoms with Crippen LogP contribution in [0.1, 0.15) is 103 Å². The molecule has 2 aromatic rings. The molecule has 0 spiro atoms. The lowest BCUT2D eigenvalue weighted by molar-refractivity contribution is 0.0642. The van der Waals surface area contributed by atoms with Gasteiger partial charge in [0, 0.05) is 29.9 Å². The predicted octanol–water partition coefficient (Wildman–Crippen LogP) is 4.77.